The van der Waals surface area contributed by atoms with Crippen molar-refractivity contribution in [3.05, 3.63) is 166 Å². The van der Waals surface area contributed by atoms with Gasteiger partial charge in [-0.1, -0.05) is 48.6 Å². The van der Waals surface area contributed by atoms with Crippen LogP contribution in [0, 0.1) is 6.92 Å². The van der Waals surface area contributed by atoms with Gasteiger partial charge in [0.15, 0.2) is 34.6 Å². The maximum Gasteiger partial charge on any atom is 0.389 e. The second-order valence-electron chi connectivity index (χ2n) is 16.2. The molecule has 0 aliphatic heterocycles. The minimum absolute atomic E-state index is 0.0990. The third kappa shape index (κ3) is 15.2. The highest BCUT2D eigenvalue weighted by Crippen LogP contribution is 2.35. The predicted molar refractivity (Wildman–Crippen MR) is 263 cm³/mol. The number of methoxy groups -OCH3 is 2. The van der Waals surface area contributed by atoms with Crippen molar-refractivity contribution in [1.29, 1.82) is 0 Å². The molecule has 0 amide bonds. The summed E-state index contributed by atoms with van der Waals surface area (Å²) in [6.07, 6.45) is -5.32. The molecule has 0 aromatic heterocycles. The molecule has 0 radical (unpaired) electrons. The van der Waals surface area contributed by atoms with Gasteiger partial charge in [-0.15, -0.1) is 0 Å². The summed E-state index contributed by atoms with van der Waals surface area (Å²) in [7, 11) is 2.65. The van der Waals surface area contributed by atoms with E-state index in [-0.39, 0.29) is 82.8 Å². The van der Waals surface area contributed by atoms with Gasteiger partial charge in [0.2, 0.25) is 0 Å². The number of ether oxygens (including phenoxy) is 6. The Bertz CT molecular complexity index is 3020. The Kier molecular flexibility index (Phi) is 17.7. The molecule has 0 fully saturated rings. The second kappa shape index (κ2) is 24.0. The average molecular weight is 1010 g/mol. The van der Waals surface area contributed by atoms with E-state index >= 15 is 0 Å². The molecule has 0 saturated carbocycles. The Balaban J connectivity index is 1.10. The van der Waals surface area contributed by atoms with Crippen LogP contribution in [0.2, 0.25) is 0 Å². The first-order valence-electron chi connectivity index (χ1n) is 22.4. The Morgan fingerprint density at radius 1 is 0.534 bits per heavy atom. The van der Waals surface area contributed by atoms with Crippen LogP contribution in [0.4, 0.5) is 37.7 Å². The number of esters is 2. The molecule has 73 heavy (non-hydrogen) atoms. The molecule has 0 aliphatic rings. The summed E-state index contributed by atoms with van der Waals surface area (Å²) in [6, 6.07) is 28.9. The summed E-state index contributed by atoms with van der Waals surface area (Å²) < 4.78 is 107. The summed E-state index contributed by atoms with van der Waals surface area (Å²) in [5.74, 6) is -1.37. The Labute approximate surface area is 415 Å². The Morgan fingerprint density at radius 2 is 0.986 bits per heavy atom. The first-order chi connectivity index (χ1) is 34.7. The van der Waals surface area contributed by atoms with Gasteiger partial charge in [0.25, 0.3) is 0 Å². The van der Waals surface area contributed by atoms with E-state index in [0.717, 1.165) is 0 Å². The number of hydrogen-bond donors (Lipinski definition) is 2. The van der Waals surface area contributed by atoms with E-state index in [1.807, 2.05) is 0 Å². The summed E-state index contributed by atoms with van der Waals surface area (Å²) in [5, 5.41) is 0. The van der Waals surface area contributed by atoms with Gasteiger partial charge < -0.3 is 39.9 Å². The molecule has 18 heteroatoms. The fourth-order valence-electron chi connectivity index (χ4n) is 7.15. The van der Waals surface area contributed by atoms with Gasteiger partial charge in [0.05, 0.1) is 38.6 Å². The molecule has 6 aromatic rings. The molecule has 0 heterocycles. The molecule has 0 unspecified atom stereocenters. The summed E-state index contributed by atoms with van der Waals surface area (Å²) >= 11 is 0. The molecule has 380 valence electrons. The van der Waals surface area contributed by atoms with Crippen molar-refractivity contribution in [3.63, 3.8) is 0 Å². The van der Waals surface area contributed by atoms with Crippen LogP contribution >= 0.6 is 0 Å². The van der Waals surface area contributed by atoms with Crippen molar-refractivity contribution in [2.45, 2.75) is 45.0 Å². The molecule has 4 N–H and O–H groups in total. The standard InChI is InChI=1S/C55H48F6N2O10/c1-33-44(63)21-20-42(51(33)46(65)23-11-35-8-17-40(18-9-35)73-53(67)37-13-25-48(50(31-37)69-3)71-29-5-27-55(59,60)61)41-19-14-38(62)32-43(41)45(64)22-10-34-6-15-39(16-7-34)72-52(66)36-12-24-47(49(30-36)68-2)70-28-4-26-54(56,57)58/h6-25,30-32H,4-5,26-29,62-63H2,1-3H3. The van der Waals surface area contributed by atoms with Gasteiger partial charge in [-0.3, -0.25) is 9.59 Å². The van der Waals surface area contributed by atoms with Gasteiger partial charge in [0, 0.05) is 35.3 Å². The lowest BCUT2D eigenvalue weighted by Crippen LogP contribution is -2.11. The van der Waals surface area contributed by atoms with E-state index in [2.05, 4.69) is 0 Å². The molecule has 0 spiro atoms. The third-order valence-corrected chi connectivity index (χ3v) is 10.9. The predicted octanol–water partition coefficient (Wildman–Crippen LogP) is 12.5. The highest BCUT2D eigenvalue weighted by atomic mass is 19.4. The van der Waals surface area contributed by atoms with Gasteiger partial charge >= 0.3 is 24.3 Å². The number of ketones is 2. The molecule has 0 saturated heterocycles. The minimum atomic E-state index is -4.30. The highest BCUT2D eigenvalue weighted by molar-refractivity contribution is 6.16. The van der Waals surface area contributed by atoms with Crippen molar-refractivity contribution in [1.82, 2.24) is 0 Å². The number of rotatable bonds is 21. The van der Waals surface area contributed by atoms with Crippen molar-refractivity contribution in [3.8, 4) is 45.6 Å². The average Bonchev–Trinajstić information content (AvgIpc) is 3.36. The van der Waals surface area contributed by atoms with Crippen molar-refractivity contribution in [2.75, 3.05) is 38.9 Å². The van der Waals surface area contributed by atoms with Crippen LogP contribution in [-0.4, -0.2) is 63.3 Å². The van der Waals surface area contributed by atoms with Crippen LogP contribution in [0.3, 0.4) is 0 Å². The normalized spacial score (nSPS) is 11.6. The van der Waals surface area contributed by atoms with Gasteiger partial charge in [0.1, 0.15) is 11.5 Å². The quantitative estimate of drug-likeness (QED) is 0.0133. The van der Waals surface area contributed by atoms with E-state index in [1.165, 1.54) is 93.1 Å². The zero-order valence-corrected chi connectivity index (χ0v) is 39.5. The lowest BCUT2D eigenvalue weighted by atomic mass is 9.88. The number of carbonyl (C=O) groups excluding carboxylic acids is 4. The Hall–Kier alpha value is -8.54. The zero-order valence-electron chi connectivity index (χ0n) is 39.5. The van der Waals surface area contributed by atoms with Gasteiger partial charge in [-0.05, 0) is 139 Å². The van der Waals surface area contributed by atoms with Crippen molar-refractivity contribution in [2.24, 2.45) is 0 Å². The number of alkyl halides is 6. The maximum absolute atomic E-state index is 14.0. The fraction of sp³-hybridized carbons (Fsp3) is 0.200. The molecule has 0 bridgehead atoms. The lowest BCUT2D eigenvalue weighted by Gasteiger charge is -2.16. The number of halogens is 6. The first-order valence-corrected chi connectivity index (χ1v) is 22.4. The second-order valence-corrected chi connectivity index (χ2v) is 16.2. The number of hydrogen-bond acceptors (Lipinski definition) is 12. The van der Waals surface area contributed by atoms with Crippen LogP contribution < -0.4 is 39.9 Å². The minimum Gasteiger partial charge on any atom is -0.493 e. The lowest BCUT2D eigenvalue weighted by molar-refractivity contribution is -0.137. The zero-order chi connectivity index (χ0) is 52.9. The fourth-order valence-corrected chi connectivity index (χ4v) is 7.15. The number of carbonyl (C=O) groups is 4. The van der Waals surface area contributed by atoms with Crippen LogP contribution in [0.5, 0.6) is 34.5 Å². The van der Waals surface area contributed by atoms with Crippen LogP contribution in [0.15, 0.2) is 127 Å². The topological polar surface area (TPSA) is 176 Å². The van der Waals surface area contributed by atoms with Crippen LogP contribution in [-0.2, 0) is 0 Å². The monoisotopic (exact) mass is 1010 g/mol. The maximum atomic E-state index is 14.0. The molecular weight excluding hydrogens is 963 g/mol. The van der Waals surface area contributed by atoms with E-state index in [0.29, 0.717) is 39.2 Å². The van der Waals surface area contributed by atoms with E-state index < -0.39 is 48.7 Å². The number of nitrogen functional groups attached to an aromatic ring is 2. The van der Waals surface area contributed by atoms with Crippen LogP contribution in [0.25, 0.3) is 23.3 Å². The van der Waals surface area contributed by atoms with Crippen LogP contribution in [0.1, 0.15) is 83.8 Å². The smallest absolute Gasteiger partial charge is 0.389 e. The third-order valence-electron chi connectivity index (χ3n) is 10.9. The van der Waals surface area contributed by atoms with Crippen molar-refractivity contribution >= 4 is 47.0 Å². The molecular formula is C55H48F6N2O10. The molecule has 6 aromatic carbocycles. The molecule has 0 atom stereocenters. The SMILES string of the molecule is COc1cc(C(=O)Oc2ccc(C=CC(=O)c3cc(N)ccc3-c3ccc(N)c(C)c3C(=O)C=Cc3ccc(OC(=O)c4ccc(OCCCC(F)(F)F)c(OC)c4)cc3)cc2)ccc1OCCCC(F)(F)F. The Morgan fingerprint density at radius 3 is 1.44 bits per heavy atom. The van der Waals surface area contributed by atoms with E-state index in [9.17, 15) is 45.5 Å². The van der Waals surface area contributed by atoms with E-state index in [4.69, 9.17) is 39.9 Å². The number of allylic oxidation sites excluding steroid dienone is 2. The summed E-state index contributed by atoms with van der Waals surface area (Å²) in [5.41, 5.74) is 16.2. The number of benzene rings is 6. The first kappa shape index (κ1) is 53.8. The molecule has 0 aliphatic carbocycles. The molecule has 12 nitrogen and oxygen atoms in total. The van der Waals surface area contributed by atoms with Crippen molar-refractivity contribution < 1.29 is 73.9 Å². The largest absolute Gasteiger partial charge is 0.493 e. The highest BCUT2D eigenvalue weighted by Gasteiger charge is 2.27. The number of nitrogens with two attached hydrogens (primary N) is 2. The van der Waals surface area contributed by atoms with E-state index in [1.54, 1.807) is 67.6 Å². The summed E-state index contributed by atoms with van der Waals surface area (Å²) in [6.45, 7) is 1.28. The van der Waals surface area contributed by atoms with Gasteiger partial charge in [-0.25, -0.2) is 9.59 Å². The molecule has 6 rings (SSSR count). The van der Waals surface area contributed by atoms with Gasteiger partial charge in [-0.2, -0.15) is 26.3 Å². The summed E-state index contributed by atoms with van der Waals surface area (Å²) in [4.78, 5) is 53.8. The number of anilines is 2.